The number of benzene rings is 4. The van der Waals surface area contributed by atoms with Crippen molar-refractivity contribution in [2.24, 2.45) is 0 Å². The molecule has 4 aromatic carbocycles. The van der Waals surface area contributed by atoms with E-state index in [0.717, 1.165) is 27.3 Å². The van der Waals surface area contributed by atoms with Crippen molar-refractivity contribution in [3.63, 3.8) is 0 Å². The van der Waals surface area contributed by atoms with Crippen LogP contribution in [0.3, 0.4) is 0 Å². The lowest BCUT2D eigenvalue weighted by molar-refractivity contribution is 0.111. The molecule has 0 fully saturated rings. The van der Waals surface area contributed by atoms with Crippen LogP contribution in [0.4, 0.5) is 0 Å². The van der Waals surface area contributed by atoms with Crippen LogP contribution in [0.1, 0.15) is 16.1 Å². The minimum Gasteiger partial charge on any atom is -0.296 e. The molecule has 0 N–H and O–H groups in total. The van der Waals surface area contributed by atoms with Gasteiger partial charge in [-0.25, -0.2) is 12.4 Å². The molecule has 0 aliphatic heterocycles. The summed E-state index contributed by atoms with van der Waals surface area (Å²) in [6, 6.07) is 27.7. The molecule has 0 amide bonds. The first-order chi connectivity index (χ1) is 15.0. The molecule has 0 unspecified atom stereocenters. The number of aryl methyl sites for hydroxylation is 1. The van der Waals surface area contributed by atoms with E-state index >= 15 is 0 Å². The standard InChI is InChI=1S/C26H19NO3S/c1-18-11-13-22(14-12-18)31(29,30)27-24-16-21-10-6-5-9-20(21)15-23(24)26(25(27)17-28)19-7-3-2-4-8-19/h2-17H,1H3. The maximum atomic E-state index is 13.7. The van der Waals surface area contributed by atoms with Crippen LogP contribution in [-0.2, 0) is 10.0 Å². The number of aldehydes is 1. The van der Waals surface area contributed by atoms with Gasteiger partial charge in [0.15, 0.2) is 6.29 Å². The maximum Gasteiger partial charge on any atom is 0.268 e. The Labute approximate surface area is 180 Å². The van der Waals surface area contributed by atoms with Crippen LogP contribution in [0.25, 0.3) is 32.8 Å². The number of carbonyl (C=O) groups excluding carboxylic acids is 1. The minimum atomic E-state index is -4.00. The quantitative estimate of drug-likeness (QED) is 0.341. The lowest BCUT2D eigenvalue weighted by Gasteiger charge is -2.10. The highest BCUT2D eigenvalue weighted by atomic mass is 32.2. The van der Waals surface area contributed by atoms with Crippen molar-refractivity contribution in [3.05, 3.63) is 102 Å². The van der Waals surface area contributed by atoms with Crippen LogP contribution in [0.5, 0.6) is 0 Å². The molecule has 1 heterocycles. The zero-order valence-corrected chi connectivity index (χ0v) is 17.6. The van der Waals surface area contributed by atoms with E-state index in [9.17, 15) is 13.2 Å². The van der Waals surface area contributed by atoms with E-state index in [4.69, 9.17) is 0 Å². The van der Waals surface area contributed by atoms with E-state index in [1.807, 2.05) is 73.7 Å². The van der Waals surface area contributed by atoms with Gasteiger partial charge >= 0.3 is 0 Å². The van der Waals surface area contributed by atoms with Crippen LogP contribution < -0.4 is 0 Å². The highest BCUT2D eigenvalue weighted by molar-refractivity contribution is 7.90. The monoisotopic (exact) mass is 425 g/mol. The zero-order chi connectivity index (χ0) is 21.6. The predicted molar refractivity (Wildman–Crippen MR) is 124 cm³/mol. The molecule has 152 valence electrons. The second-order valence-electron chi connectivity index (χ2n) is 7.54. The highest BCUT2D eigenvalue weighted by Crippen LogP contribution is 2.38. The Bertz CT molecular complexity index is 1550. The number of aromatic nitrogens is 1. The average Bonchev–Trinajstić information content (AvgIpc) is 3.12. The van der Waals surface area contributed by atoms with Crippen molar-refractivity contribution in [2.75, 3.05) is 0 Å². The molecule has 5 heteroatoms. The van der Waals surface area contributed by atoms with Crippen LogP contribution in [-0.4, -0.2) is 18.7 Å². The number of carbonyl (C=O) groups is 1. The number of hydrogen-bond donors (Lipinski definition) is 0. The number of rotatable bonds is 4. The summed E-state index contributed by atoms with van der Waals surface area (Å²) < 4.78 is 28.6. The van der Waals surface area contributed by atoms with Crippen molar-refractivity contribution in [1.82, 2.24) is 3.97 Å². The first-order valence-electron chi connectivity index (χ1n) is 9.91. The summed E-state index contributed by atoms with van der Waals surface area (Å²) in [7, 11) is -4.00. The van der Waals surface area contributed by atoms with Gasteiger partial charge in [0.05, 0.1) is 10.4 Å². The van der Waals surface area contributed by atoms with E-state index in [1.165, 1.54) is 3.97 Å². The molecule has 0 radical (unpaired) electrons. The Balaban J connectivity index is 1.95. The minimum absolute atomic E-state index is 0.122. The summed E-state index contributed by atoms with van der Waals surface area (Å²) in [5.41, 5.74) is 2.98. The lowest BCUT2D eigenvalue weighted by Crippen LogP contribution is -2.15. The number of hydrogen-bond acceptors (Lipinski definition) is 3. The molecule has 0 saturated heterocycles. The van der Waals surface area contributed by atoms with Gasteiger partial charge in [-0.3, -0.25) is 4.79 Å². The van der Waals surface area contributed by atoms with E-state index in [2.05, 4.69) is 0 Å². The fraction of sp³-hybridized carbons (Fsp3) is 0.0385. The predicted octanol–water partition coefficient (Wildman–Crippen LogP) is 5.82. The summed E-state index contributed by atoms with van der Waals surface area (Å²) in [4.78, 5) is 12.5. The van der Waals surface area contributed by atoms with Gasteiger partial charge in [0, 0.05) is 10.9 Å². The Morgan fingerprint density at radius 1 is 0.774 bits per heavy atom. The molecular formula is C26H19NO3S. The third kappa shape index (κ3) is 3.05. The summed E-state index contributed by atoms with van der Waals surface area (Å²) in [5.74, 6) is 0. The number of nitrogens with zero attached hydrogens (tertiary/aromatic N) is 1. The summed E-state index contributed by atoms with van der Waals surface area (Å²) in [6.07, 6.45) is 0.638. The van der Waals surface area contributed by atoms with Gasteiger partial charge in [-0.15, -0.1) is 0 Å². The molecule has 0 atom stereocenters. The normalized spacial score (nSPS) is 11.8. The molecule has 0 aliphatic carbocycles. The van der Waals surface area contributed by atoms with Gasteiger partial charge in [-0.2, -0.15) is 0 Å². The molecule has 0 saturated carbocycles. The molecule has 0 spiro atoms. The smallest absolute Gasteiger partial charge is 0.268 e. The van der Waals surface area contributed by atoms with E-state index in [0.29, 0.717) is 17.4 Å². The van der Waals surface area contributed by atoms with Gasteiger partial charge in [0.25, 0.3) is 10.0 Å². The van der Waals surface area contributed by atoms with Crippen LogP contribution >= 0.6 is 0 Å². The van der Waals surface area contributed by atoms with Gasteiger partial charge in [0.2, 0.25) is 0 Å². The van der Waals surface area contributed by atoms with Gasteiger partial charge in [-0.1, -0.05) is 72.3 Å². The topological polar surface area (TPSA) is 56.1 Å². The lowest BCUT2D eigenvalue weighted by atomic mass is 10.00. The van der Waals surface area contributed by atoms with Gasteiger partial charge < -0.3 is 0 Å². The molecule has 5 rings (SSSR count). The van der Waals surface area contributed by atoms with Crippen molar-refractivity contribution in [1.29, 1.82) is 0 Å². The molecule has 5 aromatic rings. The van der Waals surface area contributed by atoms with Crippen LogP contribution in [0, 0.1) is 6.92 Å². The van der Waals surface area contributed by atoms with E-state index in [1.54, 1.807) is 24.3 Å². The molecule has 1 aromatic heterocycles. The van der Waals surface area contributed by atoms with Crippen molar-refractivity contribution in [2.45, 2.75) is 11.8 Å². The molecule has 31 heavy (non-hydrogen) atoms. The Kier molecular flexibility index (Phi) is 4.49. The zero-order valence-electron chi connectivity index (χ0n) is 16.8. The largest absolute Gasteiger partial charge is 0.296 e. The first kappa shape index (κ1) is 19.3. The second kappa shape index (κ2) is 7.22. The first-order valence-corrected chi connectivity index (χ1v) is 11.3. The fourth-order valence-electron chi connectivity index (χ4n) is 4.06. The van der Waals surface area contributed by atoms with Crippen LogP contribution in [0.2, 0.25) is 0 Å². The molecule has 0 bridgehead atoms. The highest BCUT2D eigenvalue weighted by Gasteiger charge is 2.27. The summed E-state index contributed by atoms with van der Waals surface area (Å²) >= 11 is 0. The Hall–Kier alpha value is -3.70. The summed E-state index contributed by atoms with van der Waals surface area (Å²) in [6.45, 7) is 1.90. The van der Waals surface area contributed by atoms with E-state index in [-0.39, 0.29) is 10.6 Å². The Morgan fingerprint density at radius 2 is 1.39 bits per heavy atom. The van der Waals surface area contributed by atoms with Crippen molar-refractivity contribution in [3.8, 4) is 11.1 Å². The second-order valence-corrected chi connectivity index (χ2v) is 9.33. The third-order valence-corrected chi connectivity index (χ3v) is 7.30. The third-order valence-electron chi connectivity index (χ3n) is 5.56. The van der Waals surface area contributed by atoms with Gasteiger partial charge in [-0.05, 0) is 47.5 Å². The fourth-order valence-corrected chi connectivity index (χ4v) is 5.55. The van der Waals surface area contributed by atoms with Crippen LogP contribution in [0.15, 0.2) is 95.9 Å². The average molecular weight is 426 g/mol. The molecular weight excluding hydrogens is 406 g/mol. The van der Waals surface area contributed by atoms with E-state index < -0.39 is 10.0 Å². The van der Waals surface area contributed by atoms with Crippen molar-refractivity contribution >= 4 is 38.0 Å². The Morgan fingerprint density at radius 3 is 2.03 bits per heavy atom. The maximum absolute atomic E-state index is 13.7. The molecule has 0 aliphatic rings. The van der Waals surface area contributed by atoms with Crippen molar-refractivity contribution < 1.29 is 13.2 Å². The number of fused-ring (bicyclic) bond motifs is 2. The van der Waals surface area contributed by atoms with Gasteiger partial charge in [0.1, 0.15) is 5.69 Å². The SMILES string of the molecule is Cc1ccc(S(=O)(=O)n2c(C=O)c(-c3ccccc3)c3cc4ccccc4cc32)cc1. The summed E-state index contributed by atoms with van der Waals surface area (Å²) in [5, 5.41) is 2.61. The molecule has 4 nitrogen and oxygen atoms in total.